The summed E-state index contributed by atoms with van der Waals surface area (Å²) in [5, 5.41) is 2.80. The number of esters is 1. The summed E-state index contributed by atoms with van der Waals surface area (Å²) in [6, 6.07) is 21.7. The lowest BCUT2D eigenvalue weighted by molar-refractivity contribution is -0.119. The number of amides is 1. The van der Waals surface area contributed by atoms with Crippen LogP contribution in [0.25, 0.3) is 0 Å². The fourth-order valence-electron chi connectivity index (χ4n) is 3.70. The number of hydrogen-bond acceptors (Lipinski definition) is 5. The lowest BCUT2D eigenvalue weighted by atomic mass is 10.0. The van der Waals surface area contributed by atoms with Gasteiger partial charge in [-0.3, -0.25) is 4.79 Å². The molecule has 0 aromatic heterocycles. The summed E-state index contributed by atoms with van der Waals surface area (Å²) in [6.07, 6.45) is 0.643. The molecule has 3 rings (SSSR count). The highest BCUT2D eigenvalue weighted by atomic mass is 32.2. The minimum Gasteiger partial charge on any atom is -0.452 e. The van der Waals surface area contributed by atoms with E-state index >= 15 is 0 Å². The molecule has 0 saturated carbocycles. The molecule has 184 valence electrons. The molecule has 1 amide bonds. The third-order valence-corrected chi connectivity index (χ3v) is 7.68. The van der Waals surface area contributed by atoms with E-state index in [1.54, 1.807) is 32.9 Å². The minimum atomic E-state index is -3.73. The number of sulfonamides is 1. The van der Waals surface area contributed by atoms with Crippen LogP contribution in [-0.4, -0.2) is 44.3 Å². The average Bonchev–Trinajstić information content (AvgIpc) is 2.85. The second kappa shape index (κ2) is 11.8. The summed E-state index contributed by atoms with van der Waals surface area (Å²) in [4.78, 5) is 25.3. The van der Waals surface area contributed by atoms with Crippen molar-refractivity contribution in [2.75, 3.05) is 25.0 Å². The van der Waals surface area contributed by atoms with E-state index in [4.69, 9.17) is 4.74 Å². The maximum absolute atomic E-state index is 12.8. The highest BCUT2D eigenvalue weighted by Crippen LogP contribution is 2.21. The van der Waals surface area contributed by atoms with Gasteiger partial charge in [0.15, 0.2) is 6.61 Å². The van der Waals surface area contributed by atoms with Crippen molar-refractivity contribution in [1.82, 2.24) is 4.31 Å². The number of carbonyl (C=O) groups excluding carboxylic acids is 2. The van der Waals surface area contributed by atoms with Crippen molar-refractivity contribution in [1.29, 1.82) is 0 Å². The largest absolute Gasteiger partial charge is 0.452 e. The Morgan fingerprint density at radius 1 is 0.914 bits per heavy atom. The van der Waals surface area contributed by atoms with E-state index in [9.17, 15) is 18.0 Å². The molecule has 1 N–H and O–H groups in total. The van der Waals surface area contributed by atoms with Crippen molar-refractivity contribution in [2.24, 2.45) is 0 Å². The van der Waals surface area contributed by atoms with Crippen molar-refractivity contribution in [3.05, 3.63) is 95.1 Å². The molecule has 35 heavy (non-hydrogen) atoms. The number of para-hydroxylation sites is 1. The average molecular weight is 495 g/mol. The Morgan fingerprint density at radius 3 is 2.26 bits per heavy atom. The Morgan fingerprint density at radius 2 is 1.57 bits per heavy atom. The highest BCUT2D eigenvalue weighted by Gasteiger charge is 2.24. The van der Waals surface area contributed by atoms with Gasteiger partial charge in [-0.05, 0) is 48.2 Å². The second-order valence-corrected chi connectivity index (χ2v) is 9.95. The van der Waals surface area contributed by atoms with Crippen LogP contribution in [0, 0.1) is 6.92 Å². The molecule has 3 aromatic carbocycles. The van der Waals surface area contributed by atoms with Gasteiger partial charge in [-0.25, -0.2) is 13.2 Å². The summed E-state index contributed by atoms with van der Waals surface area (Å²) in [5.41, 5.74) is 3.35. The number of ether oxygens (including phenoxy) is 1. The Balaban J connectivity index is 1.68. The first-order chi connectivity index (χ1) is 16.8. The standard InChI is InChI=1S/C27H30N2O5S/c1-4-29(5-2)35(32,33)23-16-15-20(3)24(18-23)27(31)34-19-26(30)28-25-14-10-9-13-22(25)17-21-11-7-6-8-12-21/h6-16,18H,4-5,17,19H2,1-3H3,(H,28,30). The number of carbonyl (C=O) groups is 2. The van der Waals surface area contributed by atoms with E-state index < -0.39 is 28.5 Å². The summed E-state index contributed by atoms with van der Waals surface area (Å²) in [7, 11) is -3.73. The SMILES string of the molecule is CCN(CC)S(=O)(=O)c1ccc(C)c(C(=O)OCC(=O)Nc2ccccc2Cc2ccccc2)c1. The van der Waals surface area contributed by atoms with Gasteiger partial charge in [0.2, 0.25) is 10.0 Å². The second-order valence-electron chi connectivity index (χ2n) is 8.01. The van der Waals surface area contributed by atoms with Crippen LogP contribution in [0.1, 0.15) is 40.9 Å². The van der Waals surface area contributed by atoms with Crippen molar-refractivity contribution in [3.63, 3.8) is 0 Å². The van der Waals surface area contributed by atoms with E-state index in [0.29, 0.717) is 30.8 Å². The van der Waals surface area contributed by atoms with Gasteiger partial charge in [0, 0.05) is 18.8 Å². The third kappa shape index (κ3) is 6.55. The number of rotatable bonds is 10. The zero-order valence-electron chi connectivity index (χ0n) is 20.2. The van der Waals surface area contributed by atoms with Gasteiger partial charge in [0.05, 0.1) is 10.5 Å². The maximum Gasteiger partial charge on any atom is 0.338 e. The predicted molar refractivity (Wildman–Crippen MR) is 136 cm³/mol. The van der Waals surface area contributed by atoms with Gasteiger partial charge in [0.1, 0.15) is 0 Å². The maximum atomic E-state index is 12.8. The molecule has 8 heteroatoms. The van der Waals surface area contributed by atoms with Gasteiger partial charge >= 0.3 is 5.97 Å². The lowest BCUT2D eigenvalue weighted by Gasteiger charge is -2.19. The lowest BCUT2D eigenvalue weighted by Crippen LogP contribution is -2.30. The topological polar surface area (TPSA) is 92.8 Å². The zero-order chi connectivity index (χ0) is 25.4. The summed E-state index contributed by atoms with van der Waals surface area (Å²) < 4.78 is 32.2. The highest BCUT2D eigenvalue weighted by molar-refractivity contribution is 7.89. The van der Waals surface area contributed by atoms with Gasteiger partial charge in [-0.2, -0.15) is 4.31 Å². The van der Waals surface area contributed by atoms with E-state index in [2.05, 4.69) is 5.32 Å². The molecule has 0 heterocycles. The van der Waals surface area contributed by atoms with Crippen LogP contribution in [0.15, 0.2) is 77.7 Å². The number of aryl methyl sites for hydroxylation is 1. The number of hydrogen-bond donors (Lipinski definition) is 1. The Hall–Kier alpha value is -3.49. The first-order valence-corrected chi connectivity index (χ1v) is 12.9. The fourth-order valence-corrected chi connectivity index (χ4v) is 5.19. The van der Waals surface area contributed by atoms with E-state index in [1.165, 1.54) is 16.4 Å². The molecule has 0 atom stereocenters. The Labute approximate surface area is 206 Å². The van der Waals surface area contributed by atoms with Crippen LogP contribution in [0.3, 0.4) is 0 Å². The van der Waals surface area contributed by atoms with Crippen molar-refractivity contribution < 1.29 is 22.7 Å². The predicted octanol–water partition coefficient (Wildman–Crippen LogP) is 4.41. The smallest absolute Gasteiger partial charge is 0.338 e. The summed E-state index contributed by atoms with van der Waals surface area (Å²) in [5.74, 6) is -1.24. The van der Waals surface area contributed by atoms with Crippen molar-refractivity contribution in [3.8, 4) is 0 Å². The first-order valence-electron chi connectivity index (χ1n) is 11.5. The van der Waals surface area contributed by atoms with Gasteiger partial charge in [0.25, 0.3) is 5.91 Å². The molecule has 0 aliphatic carbocycles. The number of anilines is 1. The molecule has 0 fully saturated rings. The third-order valence-electron chi connectivity index (χ3n) is 5.64. The van der Waals surface area contributed by atoms with Crippen LogP contribution in [0.4, 0.5) is 5.69 Å². The molecule has 7 nitrogen and oxygen atoms in total. The quantitative estimate of drug-likeness (QED) is 0.422. The molecule has 0 aliphatic heterocycles. The normalized spacial score (nSPS) is 11.3. The molecular weight excluding hydrogens is 464 g/mol. The monoisotopic (exact) mass is 494 g/mol. The number of benzene rings is 3. The molecule has 0 saturated heterocycles. The molecule has 0 unspecified atom stereocenters. The fraction of sp³-hybridized carbons (Fsp3) is 0.259. The number of nitrogens with one attached hydrogen (secondary N) is 1. The van der Waals surface area contributed by atoms with Gasteiger partial charge in [-0.1, -0.05) is 68.4 Å². The molecule has 3 aromatic rings. The van der Waals surface area contributed by atoms with Crippen molar-refractivity contribution in [2.45, 2.75) is 32.1 Å². The number of nitrogens with zero attached hydrogens (tertiary/aromatic N) is 1. The summed E-state index contributed by atoms with van der Waals surface area (Å²) in [6.45, 7) is 5.33. The molecule has 0 bridgehead atoms. The van der Waals surface area contributed by atoms with Crippen LogP contribution in [0.5, 0.6) is 0 Å². The molecule has 0 aliphatic rings. The Kier molecular flexibility index (Phi) is 8.78. The first kappa shape index (κ1) is 26.1. The Bertz CT molecular complexity index is 1290. The van der Waals surface area contributed by atoms with Gasteiger partial charge < -0.3 is 10.1 Å². The molecule has 0 spiro atoms. The molecular formula is C27H30N2O5S. The van der Waals surface area contributed by atoms with E-state index in [0.717, 1.165) is 11.1 Å². The van der Waals surface area contributed by atoms with E-state index in [-0.39, 0.29) is 10.5 Å². The summed E-state index contributed by atoms with van der Waals surface area (Å²) >= 11 is 0. The van der Waals surface area contributed by atoms with Crippen LogP contribution in [0.2, 0.25) is 0 Å². The minimum absolute atomic E-state index is 0.0121. The van der Waals surface area contributed by atoms with Crippen molar-refractivity contribution >= 4 is 27.6 Å². The van der Waals surface area contributed by atoms with Crippen LogP contribution < -0.4 is 5.32 Å². The zero-order valence-corrected chi connectivity index (χ0v) is 21.0. The van der Waals surface area contributed by atoms with E-state index in [1.807, 2.05) is 48.5 Å². The van der Waals surface area contributed by atoms with Gasteiger partial charge in [-0.15, -0.1) is 0 Å². The molecule has 0 radical (unpaired) electrons. The van der Waals surface area contributed by atoms with Crippen LogP contribution in [-0.2, 0) is 26.0 Å². The van der Waals surface area contributed by atoms with Crippen LogP contribution >= 0.6 is 0 Å².